The molecule has 192 valence electrons. The lowest BCUT2D eigenvalue weighted by Crippen LogP contribution is -2.45. The van der Waals surface area contributed by atoms with Crippen molar-refractivity contribution >= 4 is 35.0 Å². The summed E-state index contributed by atoms with van der Waals surface area (Å²) in [5.74, 6) is -1.66. The zero-order valence-electron chi connectivity index (χ0n) is 20.4. The number of carbonyl (C=O) groups is 4. The van der Waals surface area contributed by atoms with Gasteiger partial charge in [-0.05, 0) is 53.6 Å². The summed E-state index contributed by atoms with van der Waals surface area (Å²) in [4.78, 5) is 50.0. The first-order chi connectivity index (χ1) is 17.9. The number of nitrogens with one attached hydrogen (secondary N) is 4. The molecule has 1 aromatic heterocycles. The van der Waals surface area contributed by atoms with Crippen molar-refractivity contribution in [3.8, 4) is 10.4 Å². The van der Waals surface area contributed by atoms with Crippen LogP contribution < -0.4 is 21.5 Å². The molecule has 2 aromatic carbocycles. The molecule has 0 aliphatic carbocycles. The molecular formula is C27H28N4O5S. The van der Waals surface area contributed by atoms with Crippen LogP contribution in [0, 0.1) is 0 Å². The molecule has 1 saturated heterocycles. The molecule has 0 radical (unpaired) electrons. The maximum Gasteiger partial charge on any atom is 0.270 e. The Balaban J connectivity index is 1.30. The molecule has 1 fully saturated rings. The number of amides is 4. The third-order valence-corrected chi connectivity index (χ3v) is 6.92. The SMILES string of the molecule is CNC(=O)[C@@H]1O[C@H]1C(=O)NNC(=O)CCc1ccccc1C(=O)N[C@H](C)c1cccc(-c2cccs2)c1. The molecule has 0 bridgehead atoms. The second-order valence-electron chi connectivity index (χ2n) is 8.58. The van der Waals surface area contributed by atoms with E-state index in [4.69, 9.17) is 4.74 Å². The first-order valence-electron chi connectivity index (χ1n) is 11.9. The third-order valence-electron chi connectivity index (χ3n) is 6.00. The van der Waals surface area contributed by atoms with E-state index in [0.717, 1.165) is 16.0 Å². The highest BCUT2D eigenvalue weighted by Gasteiger charge is 2.50. The molecule has 4 amide bonds. The summed E-state index contributed by atoms with van der Waals surface area (Å²) in [6.45, 7) is 1.93. The van der Waals surface area contributed by atoms with Gasteiger partial charge in [0.05, 0.1) is 6.04 Å². The van der Waals surface area contributed by atoms with Gasteiger partial charge in [0.1, 0.15) is 0 Å². The van der Waals surface area contributed by atoms with Gasteiger partial charge in [-0.15, -0.1) is 11.3 Å². The third kappa shape index (κ3) is 6.60. The van der Waals surface area contributed by atoms with Gasteiger partial charge >= 0.3 is 0 Å². The van der Waals surface area contributed by atoms with Gasteiger partial charge in [0.25, 0.3) is 17.7 Å². The van der Waals surface area contributed by atoms with Crippen molar-refractivity contribution in [3.63, 3.8) is 0 Å². The standard InChI is InChI=1S/C27H28N4O5S/c1-16(18-8-5-9-19(15-18)21-11-6-14-37-21)29-25(33)20-10-4-3-7-17(20)12-13-22(32)30-31-27(35)24-23(36-24)26(34)28-2/h3-11,14-16,23-24H,12-13H2,1-2H3,(H,28,34)(H,29,33)(H,30,32)(H,31,35)/t16-,23-,24-/m1/s1. The number of benzene rings is 2. The summed E-state index contributed by atoms with van der Waals surface area (Å²) in [6, 6.07) is 19.0. The quantitative estimate of drug-likeness (QED) is 0.255. The van der Waals surface area contributed by atoms with Gasteiger partial charge in [0.15, 0.2) is 12.2 Å². The number of thiophene rings is 1. The van der Waals surface area contributed by atoms with Crippen molar-refractivity contribution in [1.29, 1.82) is 0 Å². The minimum atomic E-state index is -0.919. The Hall–Kier alpha value is -4.02. The molecule has 3 atom stereocenters. The molecule has 4 rings (SSSR count). The summed E-state index contributed by atoms with van der Waals surface area (Å²) in [5, 5.41) is 7.48. The van der Waals surface area contributed by atoms with Gasteiger partial charge in [-0.25, -0.2) is 0 Å². The van der Waals surface area contributed by atoms with E-state index >= 15 is 0 Å². The molecule has 10 heteroatoms. The van der Waals surface area contributed by atoms with Gasteiger partial charge in [0.2, 0.25) is 5.91 Å². The van der Waals surface area contributed by atoms with E-state index in [0.29, 0.717) is 17.5 Å². The summed E-state index contributed by atoms with van der Waals surface area (Å²) >= 11 is 1.66. The molecule has 1 aliphatic rings. The maximum atomic E-state index is 13.1. The Labute approximate surface area is 218 Å². The van der Waals surface area contributed by atoms with Crippen molar-refractivity contribution in [2.75, 3.05) is 7.05 Å². The van der Waals surface area contributed by atoms with Crippen LogP contribution in [0.2, 0.25) is 0 Å². The van der Waals surface area contributed by atoms with Crippen LogP contribution in [0.4, 0.5) is 0 Å². The monoisotopic (exact) mass is 520 g/mol. The summed E-state index contributed by atoms with van der Waals surface area (Å²) in [5.41, 5.74) is 7.88. The number of hydrazine groups is 1. The van der Waals surface area contributed by atoms with Crippen LogP contribution in [0.25, 0.3) is 10.4 Å². The largest absolute Gasteiger partial charge is 0.357 e. The molecule has 9 nitrogen and oxygen atoms in total. The van der Waals surface area contributed by atoms with Crippen molar-refractivity contribution < 1.29 is 23.9 Å². The predicted molar refractivity (Wildman–Crippen MR) is 139 cm³/mol. The molecule has 0 unspecified atom stereocenters. The highest BCUT2D eigenvalue weighted by molar-refractivity contribution is 7.13. The number of ether oxygens (including phenoxy) is 1. The van der Waals surface area contributed by atoms with Gasteiger partial charge in [0, 0.05) is 23.9 Å². The average molecular weight is 521 g/mol. The predicted octanol–water partition coefficient (Wildman–Crippen LogP) is 2.50. The fourth-order valence-corrected chi connectivity index (χ4v) is 4.61. The zero-order chi connectivity index (χ0) is 26.4. The molecule has 0 saturated carbocycles. The van der Waals surface area contributed by atoms with Crippen LogP contribution in [0.1, 0.15) is 40.9 Å². The second kappa shape index (κ2) is 11.8. The van der Waals surface area contributed by atoms with Crippen molar-refractivity contribution in [2.45, 2.75) is 38.0 Å². The lowest BCUT2D eigenvalue weighted by atomic mass is 10.0. The van der Waals surface area contributed by atoms with Crippen LogP contribution in [0.5, 0.6) is 0 Å². The molecule has 2 heterocycles. The average Bonchev–Trinajstić information content (AvgIpc) is 3.54. The fraction of sp³-hybridized carbons (Fsp3) is 0.259. The van der Waals surface area contributed by atoms with Crippen LogP contribution in [-0.4, -0.2) is 42.9 Å². The van der Waals surface area contributed by atoms with Crippen LogP contribution in [-0.2, 0) is 25.5 Å². The van der Waals surface area contributed by atoms with Gasteiger partial charge in [-0.1, -0.05) is 42.5 Å². The first kappa shape index (κ1) is 26.1. The van der Waals surface area contributed by atoms with Crippen LogP contribution >= 0.6 is 11.3 Å². The van der Waals surface area contributed by atoms with E-state index in [1.807, 2.05) is 42.6 Å². The highest BCUT2D eigenvalue weighted by Crippen LogP contribution is 2.27. The van der Waals surface area contributed by atoms with E-state index in [2.05, 4.69) is 33.6 Å². The molecule has 3 aromatic rings. The minimum absolute atomic E-state index is 0.0490. The van der Waals surface area contributed by atoms with Gasteiger partial charge in [-0.3, -0.25) is 30.0 Å². The number of hydrogen-bond acceptors (Lipinski definition) is 6. The number of likely N-dealkylation sites (N-methyl/N-ethyl adjacent to an activating group) is 1. The molecular weight excluding hydrogens is 492 g/mol. The first-order valence-corrected chi connectivity index (χ1v) is 12.7. The van der Waals surface area contributed by atoms with Crippen molar-refractivity contribution in [2.24, 2.45) is 0 Å². The highest BCUT2D eigenvalue weighted by atomic mass is 32.1. The molecule has 0 spiro atoms. The zero-order valence-corrected chi connectivity index (χ0v) is 21.3. The number of hydrogen-bond donors (Lipinski definition) is 4. The summed E-state index contributed by atoms with van der Waals surface area (Å²) in [7, 11) is 1.45. The molecule has 4 N–H and O–H groups in total. The smallest absolute Gasteiger partial charge is 0.270 e. The van der Waals surface area contributed by atoms with E-state index < -0.39 is 29.9 Å². The Bertz CT molecular complexity index is 1290. The van der Waals surface area contributed by atoms with Gasteiger partial charge in [-0.2, -0.15) is 0 Å². The lowest BCUT2D eigenvalue weighted by Gasteiger charge is -2.17. The number of rotatable bonds is 9. The Morgan fingerprint density at radius 3 is 2.49 bits per heavy atom. The van der Waals surface area contributed by atoms with E-state index in [9.17, 15) is 19.2 Å². The normalized spacial score (nSPS) is 16.8. The minimum Gasteiger partial charge on any atom is -0.357 e. The number of aryl methyl sites for hydroxylation is 1. The number of epoxide rings is 1. The van der Waals surface area contributed by atoms with Gasteiger partial charge < -0.3 is 15.4 Å². The van der Waals surface area contributed by atoms with E-state index in [-0.39, 0.29) is 18.4 Å². The van der Waals surface area contributed by atoms with E-state index in [1.165, 1.54) is 7.05 Å². The second-order valence-corrected chi connectivity index (χ2v) is 9.53. The fourth-order valence-electron chi connectivity index (χ4n) is 3.89. The summed E-state index contributed by atoms with van der Waals surface area (Å²) < 4.78 is 5.00. The topological polar surface area (TPSA) is 129 Å². The Morgan fingerprint density at radius 1 is 0.946 bits per heavy atom. The van der Waals surface area contributed by atoms with Crippen molar-refractivity contribution in [3.05, 3.63) is 82.7 Å². The molecule has 1 aliphatic heterocycles. The van der Waals surface area contributed by atoms with E-state index in [1.54, 1.807) is 29.5 Å². The van der Waals surface area contributed by atoms with Crippen LogP contribution in [0.15, 0.2) is 66.0 Å². The summed E-state index contributed by atoms with van der Waals surface area (Å²) in [6.07, 6.45) is -1.41. The van der Waals surface area contributed by atoms with Crippen LogP contribution in [0.3, 0.4) is 0 Å². The lowest BCUT2D eigenvalue weighted by molar-refractivity contribution is -0.129. The van der Waals surface area contributed by atoms with Crippen molar-refractivity contribution in [1.82, 2.24) is 21.5 Å². The number of carbonyl (C=O) groups excluding carboxylic acids is 4. The Kier molecular flexibility index (Phi) is 8.32. The maximum absolute atomic E-state index is 13.1. The Morgan fingerprint density at radius 2 is 1.73 bits per heavy atom. The molecule has 37 heavy (non-hydrogen) atoms.